The molecule has 0 aliphatic carbocycles. The first-order valence-electron chi connectivity index (χ1n) is 4.60. The summed E-state index contributed by atoms with van der Waals surface area (Å²) in [5, 5.41) is 9.22. The van der Waals surface area contributed by atoms with Gasteiger partial charge in [0.1, 0.15) is 5.75 Å². The predicted octanol–water partition coefficient (Wildman–Crippen LogP) is 2.06. The van der Waals surface area contributed by atoms with E-state index in [1.807, 2.05) is 0 Å². The number of carbonyl (C=O) groups excluding carboxylic acids is 1. The average molecular weight is 194 g/mol. The van der Waals surface area contributed by atoms with E-state index >= 15 is 0 Å². The van der Waals surface area contributed by atoms with Crippen molar-refractivity contribution >= 4 is 5.97 Å². The molecule has 0 aliphatic rings. The molecule has 1 rings (SSSR count). The number of benzene rings is 1. The maximum atomic E-state index is 11.4. The predicted molar refractivity (Wildman–Crippen MR) is 53.2 cm³/mol. The molecule has 1 atom stereocenters. The maximum absolute atomic E-state index is 11.4. The number of rotatable bonds is 3. The van der Waals surface area contributed by atoms with Crippen LogP contribution in [0.3, 0.4) is 0 Å². The Hall–Kier alpha value is -1.51. The van der Waals surface area contributed by atoms with Gasteiger partial charge in [-0.2, -0.15) is 0 Å². The van der Waals surface area contributed by atoms with Crippen molar-refractivity contribution in [3.05, 3.63) is 29.8 Å². The van der Waals surface area contributed by atoms with Gasteiger partial charge in [-0.25, -0.2) is 0 Å². The van der Waals surface area contributed by atoms with Crippen molar-refractivity contribution in [2.24, 2.45) is 0 Å². The molecule has 3 nitrogen and oxygen atoms in total. The second kappa shape index (κ2) is 4.65. The van der Waals surface area contributed by atoms with Crippen LogP contribution in [0.2, 0.25) is 0 Å². The summed E-state index contributed by atoms with van der Waals surface area (Å²) in [6, 6.07) is 6.64. The first-order valence-corrected chi connectivity index (χ1v) is 4.60. The van der Waals surface area contributed by atoms with Crippen LogP contribution in [0.4, 0.5) is 0 Å². The van der Waals surface area contributed by atoms with Crippen LogP contribution < -0.4 is 0 Å². The molecular formula is C11H14O3. The molecule has 0 aromatic heterocycles. The summed E-state index contributed by atoms with van der Waals surface area (Å²) in [5.74, 6) is -0.432. The summed E-state index contributed by atoms with van der Waals surface area (Å²) in [6.45, 7) is 3.90. The van der Waals surface area contributed by atoms with E-state index in [-0.39, 0.29) is 17.6 Å². The van der Waals surface area contributed by atoms with Gasteiger partial charge in [0.05, 0.1) is 12.5 Å². The zero-order valence-electron chi connectivity index (χ0n) is 8.36. The van der Waals surface area contributed by atoms with Crippen LogP contribution in [-0.2, 0) is 9.53 Å². The van der Waals surface area contributed by atoms with Gasteiger partial charge in [0.25, 0.3) is 0 Å². The first kappa shape index (κ1) is 10.6. The Balaban J connectivity index is 2.78. The zero-order chi connectivity index (χ0) is 10.6. The van der Waals surface area contributed by atoms with Crippen molar-refractivity contribution in [3.63, 3.8) is 0 Å². The van der Waals surface area contributed by atoms with E-state index in [1.54, 1.807) is 38.1 Å². The Kier molecular flexibility index (Phi) is 3.51. The minimum Gasteiger partial charge on any atom is -0.508 e. The molecule has 0 saturated heterocycles. The molecule has 0 aliphatic heterocycles. The Morgan fingerprint density at radius 1 is 1.57 bits per heavy atom. The number of ether oxygens (including phenoxy) is 1. The van der Waals surface area contributed by atoms with Gasteiger partial charge in [-0.1, -0.05) is 12.1 Å². The van der Waals surface area contributed by atoms with Crippen molar-refractivity contribution in [1.29, 1.82) is 0 Å². The maximum Gasteiger partial charge on any atom is 0.313 e. The van der Waals surface area contributed by atoms with E-state index in [0.717, 1.165) is 5.56 Å². The molecule has 0 bridgehead atoms. The summed E-state index contributed by atoms with van der Waals surface area (Å²) in [7, 11) is 0. The summed E-state index contributed by atoms with van der Waals surface area (Å²) in [5.41, 5.74) is 0.767. The fourth-order valence-corrected chi connectivity index (χ4v) is 1.20. The highest BCUT2D eigenvalue weighted by Gasteiger charge is 2.16. The summed E-state index contributed by atoms with van der Waals surface area (Å²) in [6.07, 6.45) is 0. The summed E-state index contributed by atoms with van der Waals surface area (Å²) in [4.78, 5) is 11.4. The van der Waals surface area contributed by atoms with Crippen molar-refractivity contribution in [3.8, 4) is 5.75 Å². The average Bonchev–Trinajstić information content (AvgIpc) is 2.17. The fourth-order valence-electron chi connectivity index (χ4n) is 1.20. The molecule has 0 amide bonds. The molecule has 1 aromatic carbocycles. The van der Waals surface area contributed by atoms with E-state index < -0.39 is 0 Å². The smallest absolute Gasteiger partial charge is 0.313 e. The minimum absolute atomic E-state index is 0.165. The van der Waals surface area contributed by atoms with Crippen LogP contribution in [-0.4, -0.2) is 17.7 Å². The molecule has 0 spiro atoms. The fraction of sp³-hybridized carbons (Fsp3) is 0.364. The highest BCUT2D eigenvalue weighted by molar-refractivity contribution is 5.77. The quantitative estimate of drug-likeness (QED) is 0.749. The van der Waals surface area contributed by atoms with Crippen LogP contribution in [0.1, 0.15) is 25.3 Å². The Morgan fingerprint density at radius 3 is 2.86 bits per heavy atom. The Morgan fingerprint density at radius 2 is 2.29 bits per heavy atom. The number of phenols is 1. The van der Waals surface area contributed by atoms with Crippen molar-refractivity contribution in [1.82, 2.24) is 0 Å². The third-order valence-corrected chi connectivity index (χ3v) is 2.01. The normalized spacial score (nSPS) is 12.1. The van der Waals surface area contributed by atoms with Crippen LogP contribution in [0.25, 0.3) is 0 Å². The highest BCUT2D eigenvalue weighted by atomic mass is 16.5. The summed E-state index contributed by atoms with van der Waals surface area (Å²) < 4.78 is 4.88. The largest absolute Gasteiger partial charge is 0.508 e. The molecule has 0 radical (unpaired) electrons. The van der Waals surface area contributed by atoms with E-state index in [2.05, 4.69) is 0 Å². The topological polar surface area (TPSA) is 46.5 Å². The lowest BCUT2D eigenvalue weighted by Gasteiger charge is -2.10. The minimum atomic E-state index is -0.331. The van der Waals surface area contributed by atoms with E-state index in [4.69, 9.17) is 4.74 Å². The van der Waals surface area contributed by atoms with Crippen LogP contribution in [0.15, 0.2) is 24.3 Å². The van der Waals surface area contributed by atoms with Gasteiger partial charge in [0.15, 0.2) is 0 Å². The van der Waals surface area contributed by atoms with E-state index in [9.17, 15) is 9.90 Å². The van der Waals surface area contributed by atoms with Gasteiger partial charge >= 0.3 is 5.97 Å². The molecular weight excluding hydrogens is 180 g/mol. The zero-order valence-corrected chi connectivity index (χ0v) is 8.36. The third kappa shape index (κ3) is 2.49. The second-order valence-electron chi connectivity index (χ2n) is 3.07. The third-order valence-electron chi connectivity index (χ3n) is 2.01. The number of esters is 1. The standard InChI is InChI=1S/C11H14O3/c1-3-14-11(13)8(2)9-5-4-6-10(12)7-9/h4-8,12H,3H2,1-2H3/t8-/m0/s1. The lowest BCUT2D eigenvalue weighted by Crippen LogP contribution is -2.12. The molecule has 0 fully saturated rings. The van der Waals surface area contributed by atoms with E-state index in [1.165, 1.54) is 0 Å². The molecule has 1 N–H and O–H groups in total. The van der Waals surface area contributed by atoms with Crippen LogP contribution >= 0.6 is 0 Å². The second-order valence-corrected chi connectivity index (χ2v) is 3.07. The van der Waals surface area contributed by atoms with Gasteiger partial charge in [0.2, 0.25) is 0 Å². The number of aromatic hydroxyl groups is 1. The SMILES string of the molecule is CCOC(=O)[C@@H](C)c1cccc(O)c1. The molecule has 3 heteroatoms. The van der Waals surface area contributed by atoms with Crippen molar-refractivity contribution in [2.75, 3.05) is 6.61 Å². The lowest BCUT2D eigenvalue weighted by molar-refractivity contribution is -0.144. The highest BCUT2D eigenvalue weighted by Crippen LogP contribution is 2.20. The van der Waals surface area contributed by atoms with Gasteiger partial charge in [0, 0.05) is 0 Å². The van der Waals surface area contributed by atoms with Crippen molar-refractivity contribution < 1.29 is 14.6 Å². The van der Waals surface area contributed by atoms with E-state index in [0.29, 0.717) is 6.61 Å². The number of carbonyl (C=O) groups is 1. The first-order chi connectivity index (χ1) is 6.65. The number of hydrogen-bond donors (Lipinski definition) is 1. The monoisotopic (exact) mass is 194 g/mol. The molecule has 0 heterocycles. The molecule has 14 heavy (non-hydrogen) atoms. The number of phenolic OH excluding ortho intramolecular Hbond substituents is 1. The lowest BCUT2D eigenvalue weighted by atomic mass is 10.0. The van der Waals surface area contributed by atoms with Gasteiger partial charge in [-0.15, -0.1) is 0 Å². The van der Waals surface area contributed by atoms with Crippen molar-refractivity contribution in [2.45, 2.75) is 19.8 Å². The summed E-state index contributed by atoms with van der Waals surface area (Å²) >= 11 is 0. The Labute approximate surface area is 83.3 Å². The molecule has 0 unspecified atom stereocenters. The number of hydrogen-bond acceptors (Lipinski definition) is 3. The molecule has 76 valence electrons. The Bertz CT molecular complexity index is 320. The van der Waals surface area contributed by atoms with Crippen LogP contribution in [0.5, 0.6) is 5.75 Å². The van der Waals surface area contributed by atoms with Gasteiger partial charge in [-0.3, -0.25) is 4.79 Å². The van der Waals surface area contributed by atoms with Crippen LogP contribution in [0, 0.1) is 0 Å². The molecule has 1 aromatic rings. The van der Waals surface area contributed by atoms with Gasteiger partial charge in [-0.05, 0) is 31.5 Å². The van der Waals surface area contributed by atoms with Gasteiger partial charge < -0.3 is 9.84 Å². The molecule has 0 saturated carbocycles.